The smallest absolute Gasteiger partial charge is 0.262 e. The van der Waals surface area contributed by atoms with Crippen molar-refractivity contribution in [3.05, 3.63) is 77.3 Å². The van der Waals surface area contributed by atoms with Crippen LogP contribution in [0.15, 0.2) is 61.2 Å². The monoisotopic (exact) mass is 352 g/mol. The van der Waals surface area contributed by atoms with Gasteiger partial charge < -0.3 is 5.32 Å². The molecule has 3 heterocycles. The molecule has 1 aromatic carbocycles. The van der Waals surface area contributed by atoms with Gasteiger partial charge in [0.25, 0.3) is 5.91 Å². The molecule has 0 fully saturated rings. The minimum Gasteiger partial charge on any atom is -0.304 e. The van der Waals surface area contributed by atoms with Gasteiger partial charge in [-0.15, -0.1) is 0 Å². The van der Waals surface area contributed by atoms with E-state index in [2.05, 4.69) is 20.5 Å². The Morgan fingerprint density at radius 3 is 2.88 bits per heavy atom. The van der Waals surface area contributed by atoms with Gasteiger partial charge in [0.05, 0.1) is 12.7 Å². The first-order valence-corrected chi connectivity index (χ1v) is 7.95. The predicted octanol–water partition coefficient (Wildman–Crippen LogP) is 2.88. The second kappa shape index (κ2) is 6.37. The number of nitrogens with zero attached hydrogens (tertiary/aromatic N) is 5. The van der Waals surface area contributed by atoms with Gasteiger partial charge >= 0.3 is 0 Å². The number of carbonyl (C=O) groups is 1. The molecule has 0 aliphatic rings. The van der Waals surface area contributed by atoms with Crippen molar-refractivity contribution in [2.75, 3.05) is 5.32 Å². The molecule has 1 N–H and O–H groups in total. The van der Waals surface area contributed by atoms with E-state index >= 15 is 0 Å². The maximum absolute atomic E-state index is 12.5. The van der Waals surface area contributed by atoms with Crippen molar-refractivity contribution in [2.45, 2.75) is 6.54 Å². The number of hydrogen-bond donors (Lipinski definition) is 1. The molecular formula is C17H13ClN6O. The largest absolute Gasteiger partial charge is 0.304 e. The standard InChI is InChI=1S/C17H13ClN6O/c18-14-11-23(10-12-5-2-1-3-6-12)22-15(14)21-17(25)13-9-20-24-8-4-7-19-16(13)24/h1-9,11H,10H2,(H,21,22,25). The lowest BCUT2D eigenvalue weighted by atomic mass is 10.2. The van der Waals surface area contributed by atoms with Gasteiger partial charge in [0.15, 0.2) is 11.5 Å². The molecular weight excluding hydrogens is 340 g/mol. The van der Waals surface area contributed by atoms with E-state index in [9.17, 15) is 4.79 Å². The van der Waals surface area contributed by atoms with E-state index in [1.807, 2.05) is 30.3 Å². The van der Waals surface area contributed by atoms with Gasteiger partial charge in [0.1, 0.15) is 10.6 Å². The van der Waals surface area contributed by atoms with Gasteiger partial charge in [0.2, 0.25) is 0 Å². The summed E-state index contributed by atoms with van der Waals surface area (Å²) >= 11 is 6.20. The summed E-state index contributed by atoms with van der Waals surface area (Å²) in [5, 5.41) is 11.5. The van der Waals surface area contributed by atoms with Crippen molar-refractivity contribution >= 4 is 29.0 Å². The molecule has 0 spiro atoms. The van der Waals surface area contributed by atoms with Crippen LogP contribution in [0.3, 0.4) is 0 Å². The second-order valence-corrected chi connectivity index (χ2v) is 5.82. The lowest BCUT2D eigenvalue weighted by Crippen LogP contribution is -2.13. The average Bonchev–Trinajstić information content (AvgIpc) is 3.19. The lowest BCUT2D eigenvalue weighted by molar-refractivity contribution is 0.102. The molecule has 0 bridgehead atoms. The fourth-order valence-corrected chi connectivity index (χ4v) is 2.69. The number of benzene rings is 1. The third-order valence-corrected chi connectivity index (χ3v) is 3.94. The Kier molecular flexibility index (Phi) is 3.91. The highest BCUT2D eigenvalue weighted by atomic mass is 35.5. The molecule has 1 amide bonds. The van der Waals surface area contributed by atoms with Gasteiger partial charge in [-0.25, -0.2) is 9.50 Å². The molecule has 3 aromatic heterocycles. The molecule has 4 rings (SSSR count). The Balaban J connectivity index is 1.55. The Morgan fingerprint density at radius 2 is 2.04 bits per heavy atom. The first-order chi connectivity index (χ1) is 12.2. The number of aromatic nitrogens is 5. The van der Waals surface area contributed by atoms with Crippen molar-refractivity contribution < 1.29 is 4.79 Å². The number of hydrogen-bond acceptors (Lipinski definition) is 4. The van der Waals surface area contributed by atoms with Crippen LogP contribution in [0.4, 0.5) is 5.82 Å². The number of rotatable bonds is 4. The molecule has 8 heteroatoms. The van der Waals surface area contributed by atoms with E-state index in [1.165, 1.54) is 10.7 Å². The first kappa shape index (κ1) is 15.3. The van der Waals surface area contributed by atoms with E-state index in [0.717, 1.165) is 5.56 Å². The van der Waals surface area contributed by atoms with Crippen molar-refractivity contribution in [1.82, 2.24) is 24.4 Å². The maximum atomic E-state index is 12.5. The first-order valence-electron chi connectivity index (χ1n) is 7.57. The second-order valence-electron chi connectivity index (χ2n) is 5.41. The summed E-state index contributed by atoms with van der Waals surface area (Å²) in [6, 6.07) is 11.6. The Bertz CT molecular complexity index is 1040. The van der Waals surface area contributed by atoms with E-state index in [1.54, 1.807) is 29.3 Å². The summed E-state index contributed by atoms with van der Waals surface area (Å²) in [4.78, 5) is 16.7. The maximum Gasteiger partial charge on any atom is 0.262 e. The van der Waals surface area contributed by atoms with Crippen molar-refractivity contribution in [2.24, 2.45) is 0 Å². The van der Waals surface area contributed by atoms with Gasteiger partial charge in [-0.3, -0.25) is 9.48 Å². The summed E-state index contributed by atoms with van der Waals surface area (Å²) < 4.78 is 3.21. The number of nitrogens with one attached hydrogen (secondary N) is 1. The van der Waals surface area contributed by atoms with Crippen LogP contribution in [0.5, 0.6) is 0 Å². The Labute approximate surface area is 147 Å². The minimum atomic E-state index is -0.361. The highest BCUT2D eigenvalue weighted by Gasteiger charge is 2.17. The summed E-state index contributed by atoms with van der Waals surface area (Å²) in [5.41, 5.74) is 1.92. The van der Waals surface area contributed by atoms with Crippen LogP contribution < -0.4 is 5.32 Å². The average molecular weight is 353 g/mol. The van der Waals surface area contributed by atoms with Gasteiger partial charge in [-0.2, -0.15) is 10.2 Å². The van der Waals surface area contributed by atoms with E-state index in [4.69, 9.17) is 11.6 Å². The van der Waals surface area contributed by atoms with Gasteiger partial charge in [-0.1, -0.05) is 41.9 Å². The third kappa shape index (κ3) is 3.09. The number of fused-ring (bicyclic) bond motifs is 1. The minimum absolute atomic E-state index is 0.304. The molecule has 0 atom stereocenters. The summed E-state index contributed by atoms with van der Waals surface area (Å²) in [6.45, 7) is 0.564. The molecule has 7 nitrogen and oxygen atoms in total. The van der Waals surface area contributed by atoms with Gasteiger partial charge in [0, 0.05) is 18.6 Å². The molecule has 4 aromatic rings. The van der Waals surface area contributed by atoms with Crippen molar-refractivity contribution in [3.8, 4) is 0 Å². The summed E-state index contributed by atoms with van der Waals surface area (Å²) in [6.07, 6.45) is 6.47. The fourth-order valence-electron chi connectivity index (χ4n) is 2.50. The molecule has 0 aliphatic carbocycles. The molecule has 0 unspecified atom stereocenters. The van der Waals surface area contributed by atoms with Crippen LogP contribution in [0.25, 0.3) is 5.65 Å². The quantitative estimate of drug-likeness (QED) is 0.612. The third-order valence-electron chi connectivity index (χ3n) is 3.66. The molecule has 124 valence electrons. The van der Waals surface area contributed by atoms with E-state index in [0.29, 0.717) is 28.6 Å². The van der Waals surface area contributed by atoms with Crippen molar-refractivity contribution in [3.63, 3.8) is 0 Å². The van der Waals surface area contributed by atoms with Crippen LogP contribution in [0, 0.1) is 0 Å². The predicted molar refractivity (Wildman–Crippen MR) is 93.7 cm³/mol. The molecule has 0 radical (unpaired) electrons. The van der Waals surface area contributed by atoms with E-state index < -0.39 is 0 Å². The number of anilines is 1. The zero-order chi connectivity index (χ0) is 17.2. The number of amides is 1. The zero-order valence-electron chi connectivity index (χ0n) is 13.0. The number of carbonyl (C=O) groups excluding carboxylic acids is 1. The highest BCUT2D eigenvalue weighted by molar-refractivity contribution is 6.33. The Hall–Kier alpha value is -3.19. The summed E-state index contributed by atoms with van der Waals surface area (Å²) in [5.74, 6) is -0.0570. The Morgan fingerprint density at radius 1 is 1.20 bits per heavy atom. The molecule has 0 aliphatic heterocycles. The molecule has 25 heavy (non-hydrogen) atoms. The van der Waals surface area contributed by atoms with Crippen LogP contribution in [0.1, 0.15) is 15.9 Å². The molecule has 0 saturated carbocycles. The fraction of sp³-hybridized carbons (Fsp3) is 0.0588. The van der Waals surface area contributed by atoms with Crippen LogP contribution in [0.2, 0.25) is 5.02 Å². The van der Waals surface area contributed by atoms with E-state index in [-0.39, 0.29) is 5.91 Å². The van der Waals surface area contributed by atoms with Crippen molar-refractivity contribution in [1.29, 1.82) is 0 Å². The van der Waals surface area contributed by atoms with Crippen LogP contribution in [-0.2, 0) is 6.54 Å². The summed E-state index contributed by atoms with van der Waals surface area (Å²) in [7, 11) is 0. The topological polar surface area (TPSA) is 77.1 Å². The van der Waals surface area contributed by atoms with Gasteiger partial charge in [-0.05, 0) is 11.6 Å². The normalized spacial score (nSPS) is 10.9. The van der Waals surface area contributed by atoms with Crippen LogP contribution >= 0.6 is 11.6 Å². The zero-order valence-corrected chi connectivity index (χ0v) is 13.8. The number of halogens is 1. The van der Waals surface area contributed by atoms with Crippen LogP contribution in [-0.4, -0.2) is 30.3 Å². The molecule has 0 saturated heterocycles. The highest BCUT2D eigenvalue weighted by Crippen LogP contribution is 2.21. The SMILES string of the molecule is O=C(Nc1nn(Cc2ccccc2)cc1Cl)c1cnn2cccnc12. The lowest BCUT2D eigenvalue weighted by Gasteiger charge is -2.02.